The number of hydrogen-bond acceptors (Lipinski definition) is 4. The number of rotatable bonds is 7. The van der Waals surface area contributed by atoms with Crippen molar-refractivity contribution < 1.29 is 13.2 Å². The van der Waals surface area contributed by atoms with E-state index in [1.54, 1.807) is 24.7 Å². The zero-order valence-corrected chi connectivity index (χ0v) is 18.4. The van der Waals surface area contributed by atoms with Gasteiger partial charge in [0.15, 0.2) is 0 Å². The largest absolute Gasteiger partial charge is 0.333 e. The molecule has 1 heterocycles. The van der Waals surface area contributed by atoms with E-state index < -0.39 is 21.8 Å². The van der Waals surface area contributed by atoms with Gasteiger partial charge in [-0.05, 0) is 48.9 Å². The van der Waals surface area contributed by atoms with Crippen LogP contribution < -0.4 is 4.72 Å². The lowest BCUT2D eigenvalue weighted by atomic mass is 9.84. The third-order valence-electron chi connectivity index (χ3n) is 5.98. The van der Waals surface area contributed by atoms with Crippen LogP contribution in [-0.2, 0) is 21.4 Å². The highest BCUT2D eigenvalue weighted by Gasteiger charge is 2.34. The van der Waals surface area contributed by atoms with Crippen LogP contribution in [-0.4, -0.2) is 23.9 Å². The number of imidazole rings is 1. The molecule has 0 saturated heterocycles. The molecule has 3 aromatic rings. The predicted molar refractivity (Wildman–Crippen MR) is 119 cm³/mol. The van der Waals surface area contributed by atoms with Crippen molar-refractivity contribution in [2.24, 2.45) is 5.92 Å². The van der Waals surface area contributed by atoms with Gasteiger partial charge < -0.3 is 4.57 Å². The molecule has 1 aliphatic rings. The number of hydrogen-bond donors (Lipinski definition) is 1. The molecule has 7 heteroatoms. The normalized spacial score (nSPS) is 15.6. The molecule has 162 valence electrons. The molecule has 0 radical (unpaired) electrons. The quantitative estimate of drug-likeness (QED) is 0.605. The topological polar surface area (TPSA) is 81.1 Å². The summed E-state index contributed by atoms with van der Waals surface area (Å²) < 4.78 is 29.9. The number of nitrogens with one attached hydrogen (secondary N) is 1. The summed E-state index contributed by atoms with van der Waals surface area (Å²) in [6.07, 6.45) is 9.40. The van der Waals surface area contributed by atoms with Gasteiger partial charge in [-0.25, -0.2) is 18.1 Å². The van der Waals surface area contributed by atoms with Crippen LogP contribution in [0.1, 0.15) is 48.3 Å². The molecule has 4 rings (SSSR count). The highest BCUT2D eigenvalue weighted by molar-refractivity contribution is 7.90. The van der Waals surface area contributed by atoms with Crippen LogP contribution in [0, 0.1) is 12.8 Å². The maximum absolute atomic E-state index is 13.2. The summed E-state index contributed by atoms with van der Waals surface area (Å²) in [5, 5.41) is 0. The molecule has 1 aromatic heterocycles. The Morgan fingerprint density at radius 1 is 1.10 bits per heavy atom. The van der Waals surface area contributed by atoms with Crippen molar-refractivity contribution in [1.82, 2.24) is 14.3 Å². The fourth-order valence-electron chi connectivity index (χ4n) is 4.32. The summed E-state index contributed by atoms with van der Waals surface area (Å²) in [7, 11) is -3.91. The second-order valence-electron chi connectivity index (χ2n) is 8.28. The van der Waals surface area contributed by atoms with Gasteiger partial charge in [0, 0.05) is 18.9 Å². The Balaban J connectivity index is 1.56. The fourth-order valence-corrected chi connectivity index (χ4v) is 5.33. The number of benzene rings is 2. The molecule has 1 atom stereocenters. The zero-order valence-electron chi connectivity index (χ0n) is 17.6. The molecule has 1 N–H and O–H groups in total. The molecule has 1 amide bonds. The molecule has 31 heavy (non-hydrogen) atoms. The highest BCUT2D eigenvalue weighted by Crippen LogP contribution is 2.38. The Labute approximate surface area is 183 Å². The Bertz CT molecular complexity index is 1120. The second-order valence-corrected chi connectivity index (χ2v) is 9.96. The average Bonchev–Trinajstić information content (AvgIpc) is 3.44. The van der Waals surface area contributed by atoms with Crippen molar-refractivity contribution in [3.63, 3.8) is 0 Å². The van der Waals surface area contributed by atoms with Gasteiger partial charge in [0.25, 0.3) is 10.0 Å². The monoisotopic (exact) mass is 437 g/mol. The number of aromatic nitrogens is 2. The van der Waals surface area contributed by atoms with Gasteiger partial charge in [-0.2, -0.15) is 0 Å². The standard InChI is InChI=1S/C24H27N3O3S/c1-18-6-12-22(13-7-18)31(29,30)26-24(28)23(20-4-2-3-5-20)21-10-8-19(9-11-21)16-27-15-14-25-17-27/h6-15,17,20,23H,2-5,16H2,1H3,(H,26,28). The van der Waals surface area contributed by atoms with E-state index in [0.29, 0.717) is 6.54 Å². The molecule has 0 aliphatic heterocycles. The molecule has 1 saturated carbocycles. The van der Waals surface area contributed by atoms with Gasteiger partial charge in [-0.3, -0.25) is 4.79 Å². The van der Waals surface area contributed by atoms with Crippen LogP contribution >= 0.6 is 0 Å². The van der Waals surface area contributed by atoms with Gasteiger partial charge in [0.05, 0.1) is 17.1 Å². The van der Waals surface area contributed by atoms with E-state index in [-0.39, 0.29) is 10.8 Å². The Morgan fingerprint density at radius 2 is 1.77 bits per heavy atom. The van der Waals surface area contributed by atoms with Crippen LogP contribution in [0.4, 0.5) is 0 Å². The number of carbonyl (C=O) groups excluding carboxylic acids is 1. The lowest BCUT2D eigenvalue weighted by molar-refractivity contribution is -0.121. The number of amides is 1. The van der Waals surface area contributed by atoms with E-state index in [4.69, 9.17) is 0 Å². The van der Waals surface area contributed by atoms with Crippen molar-refractivity contribution in [2.45, 2.75) is 50.0 Å². The van der Waals surface area contributed by atoms with Crippen LogP contribution in [0.25, 0.3) is 0 Å². The summed E-state index contributed by atoms with van der Waals surface area (Å²) in [5.41, 5.74) is 2.92. The number of carbonyl (C=O) groups is 1. The Morgan fingerprint density at radius 3 is 2.39 bits per heavy atom. The SMILES string of the molecule is Cc1ccc(S(=O)(=O)NC(=O)C(c2ccc(Cn3ccnc3)cc2)C2CCCC2)cc1. The lowest BCUT2D eigenvalue weighted by Gasteiger charge is -2.23. The smallest absolute Gasteiger partial charge is 0.264 e. The molecule has 2 aromatic carbocycles. The molecule has 0 bridgehead atoms. The van der Waals surface area contributed by atoms with E-state index in [1.165, 1.54) is 12.1 Å². The predicted octanol–water partition coefficient (Wildman–Crippen LogP) is 4.02. The van der Waals surface area contributed by atoms with Gasteiger partial charge in [-0.1, -0.05) is 54.8 Å². The lowest BCUT2D eigenvalue weighted by Crippen LogP contribution is -2.37. The van der Waals surface area contributed by atoms with E-state index in [0.717, 1.165) is 42.4 Å². The minimum atomic E-state index is -3.91. The fraction of sp³-hybridized carbons (Fsp3) is 0.333. The van der Waals surface area contributed by atoms with Crippen LogP contribution in [0.2, 0.25) is 0 Å². The summed E-state index contributed by atoms with van der Waals surface area (Å²) in [4.78, 5) is 17.4. The first-order valence-corrected chi connectivity index (χ1v) is 12.1. The van der Waals surface area contributed by atoms with Crippen molar-refractivity contribution in [3.8, 4) is 0 Å². The summed E-state index contributed by atoms with van der Waals surface area (Å²) >= 11 is 0. The minimum Gasteiger partial charge on any atom is -0.333 e. The third kappa shape index (κ3) is 5.05. The first kappa shape index (κ1) is 21.3. The number of aryl methyl sites for hydroxylation is 1. The molecule has 1 aliphatic carbocycles. The van der Waals surface area contributed by atoms with Crippen molar-refractivity contribution in [2.75, 3.05) is 0 Å². The Hall–Kier alpha value is -2.93. The van der Waals surface area contributed by atoms with Gasteiger partial charge in [-0.15, -0.1) is 0 Å². The van der Waals surface area contributed by atoms with E-state index in [1.807, 2.05) is 42.0 Å². The number of nitrogens with zero attached hydrogens (tertiary/aromatic N) is 2. The molecular weight excluding hydrogens is 410 g/mol. The number of sulfonamides is 1. The maximum Gasteiger partial charge on any atom is 0.264 e. The van der Waals surface area contributed by atoms with Crippen LogP contribution in [0.15, 0.2) is 72.1 Å². The van der Waals surface area contributed by atoms with E-state index in [9.17, 15) is 13.2 Å². The summed E-state index contributed by atoms with van der Waals surface area (Å²) in [6.45, 7) is 2.59. The second kappa shape index (κ2) is 9.06. The molecule has 0 spiro atoms. The third-order valence-corrected chi connectivity index (χ3v) is 7.35. The first-order chi connectivity index (χ1) is 14.9. The van der Waals surface area contributed by atoms with E-state index >= 15 is 0 Å². The molecular formula is C24H27N3O3S. The van der Waals surface area contributed by atoms with Crippen molar-refractivity contribution in [3.05, 3.63) is 83.9 Å². The van der Waals surface area contributed by atoms with Crippen molar-refractivity contribution >= 4 is 15.9 Å². The molecule has 6 nitrogen and oxygen atoms in total. The maximum atomic E-state index is 13.2. The molecule has 1 fully saturated rings. The van der Waals surface area contributed by atoms with Gasteiger partial charge in [0.2, 0.25) is 5.91 Å². The van der Waals surface area contributed by atoms with Crippen LogP contribution in [0.5, 0.6) is 0 Å². The average molecular weight is 438 g/mol. The zero-order chi connectivity index (χ0) is 21.8. The minimum absolute atomic E-state index is 0.104. The highest BCUT2D eigenvalue weighted by atomic mass is 32.2. The summed E-state index contributed by atoms with van der Waals surface area (Å²) in [6, 6.07) is 14.4. The molecule has 1 unspecified atom stereocenters. The van der Waals surface area contributed by atoms with Gasteiger partial charge >= 0.3 is 0 Å². The van der Waals surface area contributed by atoms with E-state index in [2.05, 4.69) is 9.71 Å². The first-order valence-electron chi connectivity index (χ1n) is 10.6. The summed E-state index contributed by atoms with van der Waals surface area (Å²) in [5.74, 6) is -0.785. The Kier molecular flexibility index (Phi) is 6.23. The van der Waals surface area contributed by atoms with Crippen LogP contribution in [0.3, 0.4) is 0 Å². The van der Waals surface area contributed by atoms with Crippen molar-refractivity contribution in [1.29, 1.82) is 0 Å². The van der Waals surface area contributed by atoms with Gasteiger partial charge in [0.1, 0.15) is 0 Å².